The molecular formula is C9H14N2. The number of aromatic nitrogens is 1. The molecular weight excluding hydrogens is 136 g/mol. The first-order valence-corrected chi connectivity index (χ1v) is 3.94. The molecule has 2 nitrogen and oxygen atoms in total. The Morgan fingerprint density at radius 1 is 1.55 bits per heavy atom. The first kappa shape index (κ1) is 8.21. The highest BCUT2D eigenvalue weighted by Crippen LogP contribution is 1.99. The van der Waals surface area contributed by atoms with Crippen LogP contribution in [0.4, 0.5) is 0 Å². The highest BCUT2D eigenvalue weighted by Gasteiger charge is 1.95. The van der Waals surface area contributed by atoms with Gasteiger partial charge < -0.3 is 5.73 Å². The Hall–Kier alpha value is -0.890. The normalized spacial score (nSPS) is 12.9. The number of rotatable bonds is 3. The van der Waals surface area contributed by atoms with Crippen LogP contribution in [0.1, 0.15) is 19.0 Å². The fourth-order valence-corrected chi connectivity index (χ4v) is 0.922. The quantitative estimate of drug-likeness (QED) is 0.706. The van der Waals surface area contributed by atoms with E-state index in [1.165, 1.54) is 0 Å². The van der Waals surface area contributed by atoms with Crippen LogP contribution in [0.15, 0.2) is 24.4 Å². The van der Waals surface area contributed by atoms with Crippen molar-refractivity contribution in [1.29, 1.82) is 0 Å². The Morgan fingerprint density at radius 2 is 2.36 bits per heavy atom. The summed E-state index contributed by atoms with van der Waals surface area (Å²) in [6, 6.07) is 6.23. The molecule has 0 spiro atoms. The Labute approximate surface area is 67.5 Å². The van der Waals surface area contributed by atoms with Crippen molar-refractivity contribution in [2.45, 2.75) is 25.8 Å². The molecule has 0 unspecified atom stereocenters. The summed E-state index contributed by atoms with van der Waals surface area (Å²) in [4.78, 5) is 4.20. The van der Waals surface area contributed by atoms with E-state index >= 15 is 0 Å². The molecule has 0 fully saturated rings. The second kappa shape index (κ2) is 4.09. The summed E-state index contributed by atoms with van der Waals surface area (Å²) in [5, 5.41) is 0. The lowest BCUT2D eigenvalue weighted by Gasteiger charge is -2.02. The SMILES string of the molecule is C[C@H](N)CCc1ccccn1. The second-order valence-electron chi connectivity index (χ2n) is 2.84. The molecule has 1 heterocycles. The summed E-state index contributed by atoms with van der Waals surface area (Å²) in [5.74, 6) is 0. The summed E-state index contributed by atoms with van der Waals surface area (Å²) in [6.07, 6.45) is 3.81. The van der Waals surface area contributed by atoms with Gasteiger partial charge in [-0.15, -0.1) is 0 Å². The lowest BCUT2D eigenvalue weighted by atomic mass is 10.1. The van der Waals surface area contributed by atoms with Gasteiger partial charge in [-0.3, -0.25) is 4.98 Å². The zero-order valence-electron chi connectivity index (χ0n) is 6.83. The van der Waals surface area contributed by atoms with E-state index in [4.69, 9.17) is 5.73 Å². The predicted molar refractivity (Wildman–Crippen MR) is 46.2 cm³/mol. The molecule has 0 aromatic carbocycles. The van der Waals surface area contributed by atoms with E-state index in [2.05, 4.69) is 4.98 Å². The highest BCUT2D eigenvalue weighted by molar-refractivity contribution is 5.03. The Balaban J connectivity index is 2.39. The van der Waals surface area contributed by atoms with Gasteiger partial charge in [0.25, 0.3) is 0 Å². The van der Waals surface area contributed by atoms with Crippen molar-refractivity contribution in [1.82, 2.24) is 4.98 Å². The van der Waals surface area contributed by atoms with Crippen molar-refractivity contribution >= 4 is 0 Å². The zero-order valence-corrected chi connectivity index (χ0v) is 6.83. The largest absolute Gasteiger partial charge is 0.328 e. The molecule has 60 valence electrons. The van der Waals surface area contributed by atoms with Crippen molar-refractivity contribution in [2.75, 3.05) is 0 Å². The number of pyridine rings is 1. The maximum Gasteiger partial charge on any atom is 0.0404 e. The van der Waals surface area contributed by atoms with Crippen LogP contribution in [0.2, 0.25) is 0 Å². The minimum Gasteiger partial charge on any atom is -0.328 e. The first-order valence-electron chi connectivity index (χ1n) is 3.94. The van der Waals surface area contributed by atoms with Crippen molar-refractivity contribution in [3.05, 3.63) is 30.1 Å². The molecule has 2 N–H and O–H groups in total. The van der Waals surface area contributed by atoms with Crippen LogP contribution < -0.4 is 5.73 Å². The minimum absolute atomic E-state index is 0.275. The van der Waals surface area contributed by atoms with E-state index in [9.17, 15) is 0 Å². The van der Waals surface area contributed by atoms with Crippen LogP contribution in [0.25, 0.3) is 0 Å². The Kier molecular flexibility index (Phi) is 3.05. The van der Waals surface area contributed by atoms with E-state index in [1.54, 1.807) is 0 Å². The van der Waals surface area contributed by atoms with Crippen LogP contribution in [-0.2, 0) is 6.42 Å². The third kappa shape index (κ3) is 3.14. The van der Waals surface area contributed by atoms with Crippen LogP contribution in [0.5, 0.6) is 0 Å². The number of nitrogens with zero attached hydrogens (tertiary/aromatic N) is 1. The van der Waals surface area contributed by atoms with Crippen molar-refractivity contribution in [2.24, 2.45) is 5.73 Å². The molecule has 0 saturated carbocycles. The van der Waals surface area contributed by atoms with Gasteiger partial charge in [0.1, 0.15) is 0 Å². The smallest absolute Gasteiger partial charge is 0.0404 e. The third-order valence-electron chi connectivity index (χ3n) is 1.58. The molecule has 11 heavy (non-hydrogen) atoms. The molecule has 1 atom stereocenters. The molecule has 1 aromatic rings. The zero-order chi connectivity index (χ0) is 8.10. The number of hydrogen-bond acceptors (Lipinski definition) is 2. The highest BCUT2D eigenvalue weighted by atomic mass is 14.7. The van der Waals surface area contributed by atoms with Gasteiger partial charge in [-0.2, -0.15) is 0 Å². The van der Waals surface area contributed by atoms with Gasteiger partial charge in [0.15, 0.2) is 0 Å². The average Bonchev–Trinajstić information content (AvgIpc) is 2.03. The molecule has 0 aliphatic heterocycles. The summed E-state index contributed by atoms with van der Waals surface area (Å²) in [7, 11) is 0. The van der Waals surface area contributed by atoms with Gasteiger partial charge in [0, 0.05) is 17.9 Å². The van der Waals surface area contributed by atoms with E-state index in [1.807, 2.05) is 31.3 Å². The first-order chi connectivity index (χ1) is 5.29. The molecule has 2 heteroatoms. The van der Waals surface area contributed by atoms with Crippen molar-refractivity contribution < 1.29 is 0 Å². The van der Waals surface area contributed by atoms with E-state index in [0.29, 0.717) is 0 Å². The van der Waals surface area contributed by atoms with Crippen molar-refractivity contribution in [3.63, 3.8) is 0 Å². The van der Waals surface area contributed by atoms with Crippen LogP contribution in [0.3, 0.4) is 0 Å². The van der Waals surface area contributed by atoms with E-state index in [-0.39, 0.29) is 6.04 Å². The topological polar surface area (TPSA) is 38.9 Å². The average molecular weight is 150 g/mol. The standard InChI is InChI=1S/C9H14N2/c1-8(10)5-6-9-4-2-3-7-11-9/h2-4,7-8H,5-6,10H2,1H3/t8-/m0/s1. The molecule has 0 radical (unpaired) electrons. The number of hydrogen-bond donors (Lipinski definition) is 1. The lowest BCUT2D eigenvalue weighted by molar-refractivity contribution is 0.658. The van der Waals surface area contributed by atoms with Crippen LogP contribution >= 0.6 is 0 Å². The minimum atomic E-state index is 0.275. The molecule has 0 amide bonds. The number of nitrogens with two attached hydrogens (primary N) is 1. The second-order valence-corrected chi connectivity index (χ2v) is 2.84. The van der Waals surface area contributed by atoms with Gasteiger partial charge in [0.05, 0.1) is 0 Å². The van der Waals surface area contributed by atoms with Crippen molar-refractivity contribution in [3.8, 4) is 0 Å². The molecule has 0 aliphatic rings. The monoisotopic (exact) mass is 150 g/mol. The molecule has 0 saturated heterocycles. The van der Waals surface area contributed by atoms with Gasteiger partial charge in [0.2, 0.25) is 0 Å². The van der Waals surface area contributed by atoms with E-state index < -0.39 is 0 Å². The van der Waals surface area contributed by atoms with Gasteiger partial charge in [-0.25, -0.2) is 0 Å². The van der Waals surface area contributed by atoms with Gasteiger partial charge >= 0.3 is 0 Å². The van der Waals surface area contributed by atoms with Crippen LogP contribution in [-0.4, -0.2) is 11.0 Å². The summed E-state index contributed by atoms with van der Waals surface area (Å²) in [5.41, 5.74) is 6.74. The van der Waals surface area contributed by atoms with Gasteiger partial charge in [-0.1, -0.05) is 6.07 Å². The molecule has 1 aromatic heterocycles. The fraction of sp³-hybridized carbons (Fsp3) is 0.444. The van der Waals surface area contributed by atoms with Gasteiger partial charge in [-0.05, 0) is 31.9 Å². The maximum absolute atomic E-state index is 5.61. The molecule has 1 rings (SSSR count). The molecule has 0 bridgehead atoms. The summed E-state index contributed by atoms with van der Waals surface area (Å²) < 4.78 is 0. The third-order valence-corrected chi connectivity index (χ3v) is 1.58. The lowest BCUT2D eigenvalue weighted by Crippen LogP contribution is -2.15. The van der Waals surface area contributed by atoms with Crippen LogP contribution in [0, 0.1) is 0 Å². The Morgan fingerprint density at radius 3 is 2.91 bits per heavy atom. The van der Waals surface area contributed by atoms with E-state index in [0.717, 1.165) is 18.5 Å². The maximum atomic E-state index is 5.61. The Bertz CT molecular complexity index is 194. The summed E-state index contributed by atoms with van der Waals surface area (Å²) in [6.45, 7) is 2.02. The molecule has 0 aliphatic carbocycles. The predicted octanol–water partition coefficient (Wildman–Crippen LogP) is 1.36. The summed E-state index contributed by atoms with van der Waals surface area (Å²) >= 11 is 0. The fourth-order valence-electron chi connectivity index (χ4n) is 0.922. The number of aryl methyl sites for hydroxylation is 1.